The van der Waals surface area contributed by atoms with Crippen LogP contribution in [0.1, 0.15) is 36.5 Å². The molecular formula is C15H23NO4S. The zero-order valence-corrected chi connectivity index (χ0v) is 13.4. The van der Waals surface area contributed by atoms with Gasteiger partial charge in [-0.25, -0.2) is 13.2 Å². The molecule has 1 N–H and O–H groups in total. The lowest BCUT2D eigenvalue weighted by Gasteiger charge is -2.16. The van der Waals surface area contributed by atoms with Crippen molar-refractivity contribution in [1.82, 2.24) is 4.90 Å². The summed E-state index contributed by atoms with van der Waals surface area (Å²) in [7, 11) is -1.55. The molecule has 0 aliphatic carbocycles. The van der Waals surface area contributed by atoms with Crippen LogP contribution in [0.2, 0.25) is 0 Å². The molecule has 0 aliphatic heterocycles. The second-order valence-electron chi connectivity index (χ2n) is 5.16. The van der Waals surface area contributed by atoms with Gasteiger partial charge in [0.2, 0.25) is 0 Å². The van der Waals surface area contributed by atoms with Crippen molar-refractivity contribution >= 4 is 15.8 Å². The number of sulfone groups is 1. The maximum absolute atomic E-state index is 12.2. The van der Waals surface area contributed by atoms with Crippen LogP contribution < -0.4 is 0 Å². The van der Waals surface area contributed by atoms with Gasteiger partial charge in [0.05, 0.1) is 16.2 Å². The van der Waals surface area contributed by atoms with Crippen molar-refractivity contribution in [3.63, 3.8) is 0 Å². The molecule has 1 aromatic rings. The lowest BCUT2D eigenvalue weighted by molar-refractivity contribution is 0.0696. The molecule has 0 bridgehead atoms. The fourth-order valence-electron chi connectivity index (χ4n) is 1.96. The average molecular weight is 313 g/mol. The van der Waals surface area contributed by atoms with Crippen molar-refractivity contribution in [2.75, 3.05) is 25.9 Å². The summed E-state index contributed by atoms with van der Waals surface area (Å²) in [5.74, 6) is -1.12. The molecule has 0 heterocycles. The van der Waals surface area contributed by atoms with E-state index in [0.717, 1.165) is 25.8 Å². The van der Waals surface area contributed by atoms with E-state index in [0.29, 0.717) is 6.54 Å². The van der Waals surface area contributed by atoms with Gasteiger partial charge in [0.1, 0.15) is 0 Å². The Morgan fingerprint density at radius 3 is 2.57 bits per heavy atom. The van der Waals surface area contributed by atoms with E-state index in [-0.39, 0.29) is 16.2 Å². The lowest BCUT2D eigenvalue weighted by Crippen LogP contribution is -2.26. The Labute approximate surface area is 126 Å². The maximum atomic E-state index is 12.2. The fourth-order valence-corrected chi connectivity index (χ4v) is 3.34. The average Bonchev–Trinajstić information content (AvgIpc) is 2.45. The van der Waals surface area contributed by atoms with Crippen LogP contribution in [0, 0.1) is 0 Å². The van der Waals surface area contributed by atoms with Gasteiger partial charge in [0.25, 0.3) is 0 Å². The van der Waals surface area contributed by atoms with E-state index in [4.69, 9.17) is 5.11 Å². The molecule has 0 fully saturated rings. The van der Waals surface area contributed by atoms with E-state index in [1.54, 1.807) is 0 Å². The molecule has 0 radical (unpaired) electrons. The summed E-state index contributed by atoms with van der Waals surface area (Å²) in [5, 5.41) is 8.91. The fraction of sp³-hybridized carbons (Fsp3) is 0.533. The molecule has 0 unspecified atom stereocenters. The van der Waals surface area contributed by atoms with Crippen LogP contribution in [0.15, 0.2) is 29.2 Å². The van der Waals surface area contributed by atoms with Crippen molar-refractivity contribution in [2.24, 2.45) is 0 Å². The number of nitrogens with zero attached hydrogens (tertiary/aromatic N) is 1. The molecule has 0 aliphatic rings. The van der Waals surface area contributed by atoms with Crippen molar-refractivity contribution in [3.05, 3.63) is 29.8 Å². The summed E-state index contributed by atoms with van der Waals surface area (Å²) in [4.78, 5) is 13.0. The zero-order chi connectivity index (χ0) is 15.9. The van der Waals surface area contributed by atoms with Crippen molar-refractivity contribution < 1.29 is 18.3 Å². The van der Waals surface area contributed by atoms with Crippen LogP contribution in [0.5, 0.6) is 0 Å². The minimum atomic E-state index is -3.45. The normalized spacial score (nSPS) is 11.8. The number of unbranched alkanes of at least 4 members (excludes halogenated alkanes) is 2. The number of hydrogen-bond acceptors (Lipinski definition) is 4. The first kappa shape index (κ1) is 17.7. The summed E-state index contributed by atoms with van der Waals surface area (Å²) in [6, 6.07) is 5.51. The Hall–Kier alpha value is -1.40. The van der Waals surface area contributed by atoms with Crippen LogP contribution in [0.4, 0.5) is 0 Å². The van der Waals surface area contributed by atoms with E-state index in [1.165, 1.54) is 24.3 Å². The zero-order valence-electron chi connectivity index (χ0n) is 12.6. The second kappa shape index (κ2) is 8.14. The van der Waals surface area contributed by atoms with Crippen LogP contribution in [0.25, 0.3) is 0 Å². The first-order valence-electron chi connectivity index (χ1n) is 7.11. The standard InChI is InChI=1S/C15H23NO4S/c1-3-4-5-9-16(2)10-11-21(19,20)14-8-6-7-13(12-14)15(17)18/h6-8,12H,3-5,9-11H2,1-2H3,(H,17,18). The van der Waals surface area contributed by atoms with Gasteiger partial charge in [-0.1, -0.05) is 25.8 Å². The Balaban J connectivity index is 2.65. The third-order valence-electron chi connectivity index (χ3n) is 3.33. The summed E-state index contributed by atoms with van der Waals surface area (Å²) in [6.07, 6.45) is 3.33. The van der Waals surface area contributed by atoms with Gasteiger partial charge in [0, 0.05) is 6.54 Å². The van der Waals surface area contributed by atoms with E-state index >= 15 is 0 Å². The van der Waals surface area contributed by atoms with Crippen LogP contribution in [0.3, 0.4) is 0 Å². The Bertz CT molecular complexity index is 569. The highest BCUT2D eigenvalue weighted by Crippen LogP contribution is 2.13. The molecule has 0 atom stereocenters. The SMILES string of the molecule is CCCCCN(C)CCS(=O)(=O)c1cccc(C(=O)O)c1. The molecule has 0 amide bonds. The molecule has 5 nitrogen and oxygen atoms in total. The van der Waals surface area contributed by atoms with Crippen molar-refractivity contribution in [2.45, 2.75) is 31.1 Å². The predicted octanol–water partition coefficient (Wildman–Crippen LogP) is 2.28. The molecule has 0 spiro atoms. The van der Waals surface area contributed by atoms with Gasteiger partial charge in [0.15, 0.2) is 9.84 Å². The largest absolute Gasteiger partial charge is 0.478 e. The number of carboxylic acid groups (broad SMARTS) is 1. The minimum Gasteiger partial charge on any atom is -0.478 e. The number of carbonyl (C=O) groups is 1. The number of hydrogen-bond donors (Lipinski definition) is 1. The number of rotatable bonds is 9. The maximum Gasteiger partial charge on any atom is 0.335 e. The van der Waals surface area contributed by atoms with Crippen LogP contribution in [-0.4, -0.2) is 50.3 Å². The van der Waals surface area contributed by atoms with E-state index < -0.39 is 15.8 Å². The Morgan fingerprint density at radius 2 is 1.95 bits per heavy atom. The summed E-state index contributed by atoms with van der Waals surface area (Å²) in [5.41, 5.74) is -0.00706. The van der Waals surface area contributed by atoms with E-state index in [1.807, 2.05) is 11.9 Å². The van der Waals surface area contributed by atoms with Gasteiger partial charge >= 0.3 is 5.97 Å². The van der Waals surface area contributed by atoms with Gasteiger partial charge in [-0.3, -0.25) is 0 Å². The third kappa shape index (κ3) is 5.85. The Kier molecular flexibility index (Phi) is 6.84. The highest BCUT2D eigenvalue weighted by atomic mass is 32.2. The monoisotopic (exact) mass is 313 g/mol. The molecule has 118 valence electrons. The third-order valence-corrected chi connectivity index (χ3v) is 5.02. The van der Waals surface area contributed by atoms with E-state index in [9.17, 15) is 13.2 Å². The molecule has 0 saturated carbocycles. The summed E-state index contributed by atoms with van der Waals surface area (Å²) < 4.78 is 24.4. The molecule has 21 heavy (non-hydrogen) atoms. The smallest absolute Gasteiger partial charge is 0.335 e. The summed E-state index contributed by atoms with van der Waals surface area (Å²) in [6.45, 7) is 3.45. The van der Waals surface area contributed by atoms with Crippen LogP contribution >= 0.6 is 0 Å². The number of carboxylic acids is 1. The predicted molar refractivity (Wildman–Crippen MR) is 82.5 cm³/mol. The minimum absolute atomic E-state index is 0.00129. The van der Waals surface area contributed by atoms with Crippen LogP contribution in [-0.2, 0) is 9.84 Å². The van der Waals surface area contributed by atoms with Gasteiger partial charge in [-0.15, -0.1) is 0 Å². The second-order valence-corrected chi connectivity index (χ2v) is 7.27. The first-order chi connectivity index (χ1) is 9.86. The number of benzene rings is 1. The van der Waals surface area contributed by atoms with E-state index in [2.05, 4.69) is 6.92 Å². The molecule has 1 rings (SSSR count). The van der Waals surface area contributed by atoms with Crippen molar-refractivity contribution in [3.8, 4) is 0 Å². The molecule has 0 saturated heterocycles. The first-order valence-corrected chi connectivity index (χ1v) is 8.76. The quantitative estimate of drug-likeness (QED) is 0.708. The highest BCUT2D eigenvalue weighted by Gasteiger charge is 2.17. The summed E-state index contributed by atoms with van der Waals surface area (Å²) >= 11 is 0. The van der Waals surface area contributed by atoms with Crippen molar-refractivity contribution in [1.29, 1.82) is 0 Å². The Morgan fingerprint density at radius 1 is 1.24 bits per heavy atom. The van der Waals surface area contributed by atoms with Gasteiger partial charge < -0.3 is 10.0 Å². The lowest BCUT2D eigenvalue weighted by atomic mass is 10.2. The highest BCUT2D eigenvalue weighted by molar-refractivity contribution is 7.91. The molecule has 6 heteroatoms. The molecule has 0 aromatic heterocycles. The molecular weight excluding hydrogens is 290 g/mol. The molecule has 1 aromatic carbocycles. The number of aromatic carboxylic acids is 1. The van der Waals surface area contributed by atoms with Gasteiger partial charge in [-0.05, 0) is 38.2 Å². The topological polar surface area (TPSA) is 74.7 Å². The van der Waals surface area contributed by atoms with Gasteiger partial charge in [-0.2, -0.15) is 0 Å².